The number of carbonyl (C=O) groups is 3. The molecule has 3 rings (SSSR count). The van der Waals surface area contributed by atoms with Crippen LogP contribution in [-0.4, -0.2) is 53.8 Å². The second-order valence-corrected chi connectivity index (χ2v) is 7.40. The molecule has 0 N–H and O–H groups in total. The van der Waals surface area contributed by atoms with E-state index in [1.54, 1.807) is 23.6 Å². The molecule has 0 saturated heterocycles. The summed E-state index contributed by atoms with van der Waals surface area (Å²) in [5.74, 6) is -0.0192. The Morgan fingerprint density at radius 2 is 1.96 bits per heavy atom. The molecule has 0 radical (unpaired) electrons. The van der Waals surface area contributed by atoms with Crippen molar-refractivity contribution in [1.29, 1.82) is 0 Å². The largest absolute Gasteiger partial charge is 0.465 e. The van der Waals surface area contributed by atoms with Crippen molar-refractivity contribution in [2.24, 2.45) is 5.92 Å². The normalized spacial score (nSPS) is 18.6. The first kappa shape index (κ1) is 19.4. The highest BCUT2D eigenvalue weighted by Gasteiger charge is 2.34. The number of hydrogen-bond donors (Lipinski definition) is 0. The molecule has 1 aliphatic carbocycles. The van der Waals surface area contributed by atoms with E-state index in [2.05, 4.69) is 6.07 Å². The van der Waals surface area contributed by atoms with Crippen molar-refractivity contribution in [3.05, 3.63) is 35.4 Å². The zero-order valence-corrected chi connectivity index (χ0v) is 16.1. The average molecular weight is 372 g/mol. The lowest BCUT2D eigenvalue weighted by atomic mass is 9.90. The van der Waals surface area contributed by atoms with Gasteiger partial charge in [-0.1, -0.05) is 24.3 Å². The molecular formula is C21H28N2O4. The summed E-state index contributed by atoms with van der Waals surface area (Å²) >= 11 is 0. The molecule has 1 aromatic carbocycles. The minimum absolute atomic E-state index is 0.0163. The molecule has 1 unspecified atom stereocenters. The van der Waals surface area contributed by atoms with Gasteiger partial charge in [-0.2, -0.15) is 0 Å². The van der Waals surface area contributed by atoms with Gasteiger partial charge in [-0.25, -0.2) is 0 Å². The van der Waals surface area contributed by atoms with Crippen LogP contribution in [0.25, 0.3) is 0 Å². The Balaban J connectivity index is 1.77. The fourth-order valence-electron chi connectivity index (χ4n) is 3.77. The molecule has 0 bridgehead atoms. The first-order valence-electron chi connectivity index (χ1n) is 9.78. The molecule has 27 heavy (non-hydrogen) atoms. The van der Waals surface area contributed by atoms with Gasteiger partial charge in [-0.3, -0.25) is 14.4 Å². The highest BCUT2D eigenvalue weighted by Crippen LogP contribution is 2.34. The fourth-order valence-corrected chi connectivity index (χ4v) is 3.77. The Kier molecular flexibility index (Phi) is 6.14. The van der Waals surface area contributed by atoms with Crippen LogP contribution in [0.4, 0.5) is 0 Å². The summed E-state index contributed by atoms with van der Waals surface area (Å²) < 4.78 is 5.03. The van der Waals surface area contributed by atoms with Crippen molar-refractivity contribution in [2.45, 2.75) is 45.6 Å². The number of esters is 1. The van der Waals surface area contributed by atoms with Crippen LogP contribution < -0.4 is 0 Å². The van der Waals surface area contributed by atoms with Crippen LogP contribution in [0.1, 0.15) is 50.3 Å². The lowest BCUT2D eigenvalue weighted by molar-refractivity contribution is -0.150. The van der Waals surface area contributed by atoms with Crippen molar-refractivity contribution in [2.75, 3.05) is 26.2 Å². The van der Waals surface area contributed by atoms with E-state index in [0.29, 0.717) is 25.6 Å². The molecule has 0 spiro atoms. The Morgan fingerprint density at radius 3 is 2.63 bits per heavy atom. The van der Waals surface area contributed by atoms with Gasteiger partial charge in [0.05, 0.1) is 19.1 Å². The van der Waals surface area contributed by atoms with Gasteiger partial charge in [-0.15, -0.1) is 0 Å². The topological polar surface area (TPSA) is 66.9 Å². The Morgan fingerprint density at radius 1 is 1.22 bits per heavy atom. The van der Waals surface area contributed by atoms with Crippen LogP contribution in [0.2, 0.25) is 0 Å². The summed E-state index contributed by atoms with van der Waals surface area (Å²) in [6.07, 6.45) is 3.19. The maximum absolute atomic E-state index is 13.1. The van der Waals surface area contributed by atoms with E-state index >= 15 is 0 Å². The Bertz CT molecular complexity index is 714. The van der Waals surface area contributed by atoms with Crippen molar-refractivity contribution in [3.63, 3.8) is 0 Å². The van der Waals surface area contributed by atoms with E-state index in [4.69, 9.17) is 4.74 Å². The number of ether oxygens (including phenoxy) is 1. The quantitative estimate of drug-likeness (QED) is 0.689. The van der Waals surface area contributed by atoms with Gasteiger partial charge in [0.25, 0.3) is 0 Å². The smallest absolute Gasteiger partial charge is 0.325 e. The number of carbonyl (C=O) groups excluding carboxylic acids is 3. The predicted octanol–water partition coefficient (Wildman–Crippen LogP) is 2.32. The van der Waals surface area contributed by atoms with Crippen LogP contribution in [-0.2, 0) is 25.5 Å². The van der Waals surface area contributed by atoms with Crippen LogP contribution in [0.5, 0.6) is 0 Å². The monoisotopic (exact) mass is 372 g/mol. The van der Waals surface area contributed by atoms with Gasteiger partial charge in [0.2, 0.25) is 11.8 Å². The van der Waals surface area contributed by atoms with Gasteiger partial charge in [0.1, 0.15) is 6.54 Å². The zero-order chi connectivity index (χ0) is 19.4. The number of fused-ring (bicyclic) bond motifs is 1. The highest BCUT2D eigenvalue weighted by molar-refractivity contribution is 5.83. The molecule has 1 saturated carbocycles. The van der Waals surface area contributed by atoms with Gasteiger partial charge in [-0.05, 0) is 43.2 Å². The molecule has 146 valence electrons. The summed E-state index contributed by atoms with van der Waals surface area (Å²) in [4.78, 5) is 40.6. The molecule has 2 amide bonds. The van der Waals surface area contributed by atoms with Gasteiger partial charge >= 0.3 is 5.97 Å². The first-order chi connectivity index (χ1) is 13.0. The third-order valence-corrected chi connectivity index (χ3v) is 5.34. The van der Waals surface area contributed by atoms with E-state index in [-0.39, 0.29) is 36.8 Å². The molecule has 1 atom stereocenters. The van der Waals surface area contributed by atoms with Gasteiger partial charge in [0, 0.05) is 20.0 Å². The Labute approximate surface area is 160 Å². The highest BCUT2D eigenvalue weighted by atomic mass is 16.5. The molecule has 6 nitrogen and oxygen atoms in total. The second-order valence-electron chi connectivity index (χ2n) is 7.40. The second kappa shape index (κ2) is 8.55. The molecule has 2 aliphatic rings. The first-order valence-corrected chi connectivity index (χ1v) is 9.78. The van der Waals surface area contributed by atoms with E-state index in [1.807, 2.05) is 18.2 Å². The number of benzene rings is 1. The number of amides is 2. The molecule has 6 heteroatoms. The maximum Gasteiger partial charge on any atom is 0.325 e. The summed E-state index contributed by atoms with van der Waals surface area (Å²) in [5.41, 5.74) is 2.22. The third kappa shape index (κ3) is 4.87. The van der Waals surface area contributed by atoms with Gasteiger partial charge < -0.3 is 14.5 Å². The summed E-state index contributed by atoms with van der Waals surface area (Å²) in [6, 6.07) is 7.72. The van der Waals surface area contributed by atoms with Crippen LogP contribution in [0.3, 0.4) is 0 Å². The Hall–Kier alpha value is -2.37. The zero-order valence-electron chi connectivity index (χ0n) is 16.1. The van der Waals surface area contributed by atoms with Crippen molar-refractivity contribution in [3.8, 4) is 0 Å². The van der Waals surface area contributed by atoms with Gasteiger partial charge in [0.15, 0.2) is 0 Å². The van der Waals surface area contributed by atoms with E-state index in [9.17, 15) is 14.4 Å². The molecule has 1 aliphatic heterocycles. The van der Waals surface area contributed by atoms with Crippen molar-refractivity contribution in [1.82, 2.24) is 9.80 Å². The van der Waals surface area contributed by atoms with Crippen LogP contribution in [0, 0.1) is 5.92 Å². The lowest BCUT2D eigenvalue weighted by Gasteiger charge is -2.37. The average Bonchev–Trinajstić information content (AvgIpc) is 3.45. The minimum atomic E-state index is -0.376. The van der Waals surface area contributed by atoms with Crippen molar-refractivity contribution >= 4 is 17.8 Å². The number of rotatable bonds is 7. The predicted molar refractivity (Wildman–Crippen MR) is 101 cm³/mol. The summed E-state index contributed by atoms with van der Waals surface area (Å²) in [6.45, 7) is 4.80. The number of nitrogens with zero attached hydrogens (tertiary/aromatic N) is 2. The molecule has 0 aromatic heterocycles. The van der Waals surface area contributed by atoms with Crippen LogP contribution in [0.15, 0.2) is 24.3 Å². The standard InChI is InChI=1S/C21H28N2O4/c1-3-27-21(26)14-22(13-16-8-9-16)20(25)12-19-18-7-5-4-6-17(18)10-11-23(19)15(2)24/h4-7,16,19H,3,8-14H2,1-2H3. The maximum atomic E-state index is 13.1. The van der Waals surface area contributed by atoms with E-state index in [1.165, 1.54) is 5.56 Å². The van der Waals surface area contributed by atoms with Crippen molar-refractivity contribution < 1.29 is 19.1 Å². The SMILES string of the molecule is CCOC(=O)CN(CC1CC1)C(=O)CC1c2ccccc2CCN1C(C)=O. The summed E-state index contributed by atoms with van der Waals surface area (Å²) in [7, 11) is 0. The third-order valence-electron chi connectivity index (χ3n) is 5.34. The minimum Gasteiger partial charge on any atom is -0.465 e. The molecule has 1 aromatic rings. The molecule has 1 heterocycles. The summed E-state index contributed by atoms with van der Waals surface area (Å²) in [5, 5.41) is 0. The molecule has 1 fully saturated rings. The number of hydrogen-bond acceptors (Lipinski definition) is 4. The van der Waals surface area contributed by atoms with Crippen LogP contribution >= 0.6 is 0 Å². The lowest BCUT2D eigenvalue weighted by Crippen LogP contribution is -2.43. The van der Waals surface area contributed by atoms with E-state index < -0.39 is 0 Å². The van der Waals surface area contributed by atoms with E-state index in [0.717, 1.165) is 24.8 Å². The molecular weight excluding hydrogens is 344 g/mol. The fraction of sp³-hybridized carbons (Fsp3) is 0.571.